The number of rotatable bonds is 7. The highest BCUT2D eigenvalue weighted by molar-refractivity contribution is 9.10. The number of carbonyl (C=O) groups is 2. The van der Waals surface area contributed by atoms with Gasteiger partial charge in [0.1, 0.15) is 5.60 Å². The number of benzene rings is 1. The van der Waals surface area contributed by atoms with Gasteiger partial charge in [-0.1, -0.05) is 34.1 Å². The summed E-state index contributed by atoms with van der Waals surface area (Å²) >= 11 is 3.37. The van der Waals surface area contributed by atoms with E-state index in [2.05, 4.69) is 21.2 Å². The van der Waals surface area contributed by atoms with Gasteiger partial charge in [0.25, 0.3) is 0 Å². The molecule has 0 fully saturated rings. The highest BCUT2D eigenvalue weighted by Crippen LogP contribution is 2.19. The predicted octanol–water partition coefficient (Wildman–Crippen LogP) is 3.95. The summed E-state index contributed by atoms with van der Waals surface area (Å²) in [4.78, 5) is 24.4. The zero-order valence-electron chi connectivity index (χ0n) is 14.0. The van der Waals surface area contributed by atoms with Crippen LogP contribution in [0.1, 0.15) is 44.0 Å². The van der Waals surface area contributed by atoms with Crippen LogP contribution in [0.4, 0.5) is 4.79 Å². The molecule has 0 aliphatic rings. The van der Waals surface area contributed by atoms with Crippen LogP contribution < -0.4 is 5.32 Å². The Morgan fingerprint density at radius 3 is 2.48 bits per heavy atom. The van der Waals surface area contributed by atoms with E-state index >= 15 is 0 Å². The van der Waals surface area contributed by atoms with Gasteiger partial charge >= 0.3 is 6.09 Å². The van der Waals surface area contributed by atoms with Crippen molar-refractivity contribution in [3.8, 4) is 0 Å². The van der Waals surface area contributed by atoms with Crippen molar-refractivity contribution in [3.05, 3.63) is 34.3 Å². The molecule has 1 atom stereocenters. The molecule has 0 saturated carbocycles. The number of nitrogens with one attached hydrogen (secondary N) is 1. The monoisotopic (exact) mass is 385 g/mol. The van der Waals surface area contributed by atoms with E-state index in [4.69, 9.17) is 9.47 Å². The van der Waals surface area contributed by atoms with Crippen molar-refractivity contribution in [2.45, 2.75) is 45.3 Å². The van der Waals surface area contributed by atoms with E-state index in [1.807, 2.05) is 18.2 Å². The fourth-order valence-electron chi connectivity index (χ4n) is 1.98. The number of amides is 1. The van der Waals surface area contributed by atoms with E-state index in [0.717, 1.165) is 4.47 Å². The van der Waals surface area contributed by atoms with E-state index in [-0.39, 0.29) is 18.2 Å². The molecule has 6 heteroatoms. The molecule has 0 aliphatic carbocycles. The van der Waals surface area contributed by atoms with E-state index in [1.54, 1.807) is 33.9 Å². The molecule has 0 heterocycles. The van der Waals surface area contributed by atoms with Crippen LogP contribution in [0.5, 0.6) is 0 Å². The number of methoxy groups -OCH3 is 1. The lowest BCUT2D eigenvalue weighted by Crippen LogP contribution is -2.40. The average molecular weight is 386 g/mol. The fourth-order valence-corrected chi connectivity index (χ4v) is 2.49. The minimum atomic E-state index is -0.581. The molecule has 0 bridgehead atoms. The quantitative estimate of drug-likeness (QED) is 0.721. The van der Waals surface area contributed by atoms with Crippen LogP contribution in [0, 0.1) is 0 Å². The van der Waals surface area contributed by atoms with Crippen LogP contribution in [-0.2, 0) is 9.47 Å². The topological polar surface area (TPSA) is 64.6 Å². The van der Waals surface area contributed by atoms with Crippen molar-refractivity contribution >= 4 is 27.8 Å². The number of hydrogen-bond donors (Lipinski definition) is 1. The van der Waals surface area contributed by atoms with Gasteiger partial charge in [-0.2, -0.15) is 0 Å². The Labute approximate surface area is 145 Å². The first kappa shape index (κ1) is 19.6. The SMILES string of the molecule is COCCC(CC(=O)c1ccccc1Br)NC(=O)OC(C)(C)C. The smallest absolute Gasteiger partial charge is 0.407 e. The molecular formula is C17H24BrNO4. The Bertz CT molecular complexity index is 540. The van der Waals surface area contributed by atoms with Crippen LogP contribution in [0.3, 0.4) is 0 Å². The van der Waals surface area contributed by atoms with E-state index in [9.17, 15) is 9.59 Å². The first-order valence-electron chi connectivity index (χ1n) is 7.49. The molecule has 128 valence electrons. The van der Waals surface area contributed by atoms with Crippen LogP contribution >= 0.6 is 15.9 Å². The summed E-state index contributed by atoms with van der Waals surface area (Å²) in [6.45, 7) is 5.83. The minimum Gasteiger partial charge on any atom is -0.444 e. The Hall–Kier alpha value is -1.40. The van der Waals surface area contributed by atoms with Gasteiger partial charge in [0, 0.05) is 36.2 Å². The molecule has 5 nitrogen and oxygen atoms in total. The van der Waals surface area contributed by atoms with Crippen molar-refractivity contribution in [1.29, 1.82) is 0 Å². The summed E-state index contributed by atoms with van der Waals surface area (Å²) in [5.74, 6) is -0.0466. The van der Waals surface area contributed by atoms with Gasteiger partial charge in [-0.25, -0.2) is 4.79 Å². The van der Waals surface area contributed by atoms with Gasteiger partial charge in [-0.15, -0.1) is 0 Å². The van der Waals surface area contributed by atoms with Crippen molar-refractivity contribution in [2.24, 2.45) is 0 Å². The second-order valence-corrected chi connectivity index (χ2v) is 7.09. The average Bonchev–Trinajstić information content (AvgIpc) is 2.43. The van der Waals surface area contributed by atoms with E-state index < -0.39 is 11.7 Å². The van der Waals surface area contributed by atoms with Crippen LogP contribution in [0.15, 0.2) is 28.7 Å². The molecule has 23 heavy (non-hydrogen) atoms. The van der Waals surface area contributed by atoms with Crippen molar-refractivity contribution in [3.63, 3.8) is 0 Å². The Morgan fingerprint density at radius 2 is 1.91 bits per heavy atom. The predicted molar refractivity (Wildman–Crippen MR) is 92.7 cm³/mol. The van der Waals surface area contributed by atoms with Crippen LogP contribution in [0.25, 0.3) is 0 Å². The lowest BCUT2D eigenvalue weighted by molar-refractivity contribution is 0.0490. The highest BCUT2D eigenvalue weighted by Gasteiger charge is 2.22. The number of alkyl carbamates (subject to hydrolysis) is 1. The molecule has 0 radical (unpaired) electrons. The van der Waals surface area contributed by atoms with Crippen molar-refractivity contribution in [2.75, 3.05) is 13.7 Å². The maximum atomic E-state index is 12.4. The third-order valence-electron chi connectivity index (χ3n) is 3.00. The van der Waals surface area contributed by atoms with Gasteiger partial charge in [0.15, 0.2) is 5.78 Å². The number of ketones is 1. The number of ether oxygens (including phenoxy) is 2. The lowest BCUT2D eigenvalue weighted by atomic mass is 10.0. The summed E-state index contributed by atoms with van der Waals surface area (Å²) in [6.07, 6.45) is 0.190. The first-order chi connectivity index (χ1) is 10.7. The van der Waals surface area contributed by atoms with Crippen LogP contribution in [-0.4, -0.2) is 37.2 Å². The summed E-state index contributed by atoms with van der Waals surface area (Å²) in [5.41, 5.74) is 0.0171. The molecule has 1 rings (SSSR count). The van der Waals surface area contributed by atoms with E-state index in [0.29, 0.717) is 18.6 Å². The van der Waals surface area contributed by atoms with Gasteiger partial charge in [0.05, 0.1) is 0 Å². The molecule has 1 aromatic rings. The zero-order valence-corrected chi connectivity index (χ0v) is 15.6. The maximum Gasteiger partial charge on any atom is 0.407 e. The summed E-state index contributed by atoms with van der Waals surface area (Å²) in [7, 11) is 1.58. The third kappa shape index (κ3) is 7.61. The standard InChI is InChI=1S/C17H24BrNO4/c1-17(2,3)23-16(21)19-12(9-10-22-4)11-15(20)13-7-5-6-8-14(13)18/h5-8,12H,9-11H2,1-4H3,(H,19,21). The Morgan fingerprint density at radius 1 is 1.26 bits per heavy atom. The zero-order chi connectivity index (χ0) is 17.5. The number of hydrogen-bond acceptors (Lipinski definition) is 4. The molecular weight excluding hydrogens is 362 g/mol. The second kappa shape index (κ2) is 9.03. The number of Topliss-reactive ketones (excluding diaryl/α,β-unsaturated/α-hetero) is 1. The second-order valence-electron chi connectivity index (χ2n) is 6.23. The fraction of sp³-hybridized carbons (Fsp3) is 0.529. The molecule has 1 amide bonds. The molecule has 0 spiro atoms. The molecule has 1 unspecified atom stereocenters. The number of halogens is 1. The molecule has 1 aromatic carbocycles. The molecule has 0 aromatic heterocycles. The summed E-state index contributed by atoms with van der Waals surface area (Å²) in [6, 6.07) is 6.89. The molecule has 1 N–H and O–H groups in total. The summed E-state index contributed by atoms with van der Waals surface area (Å²) in [5, 5.41) is 2.75. The van der Waals surface area contributed by atoms with Gasteiger partial charge in [-0.05, 0) is 33.3 Å². The van der Waals surface area contributed by atoms with E-state index in [1.165, 1.54) is 0 Å². The molecule has 0 aliphatic heterocycles. The van der Waals surface area contributed by atoms with Gasteiger partial charge < -0.3 is 14.8 Å². The number of carbonyl (C=O) groups excluding carboxylic acids is 2. The van der Waals surface area contributed by atoms with Crippen molar-refractivity contribution < 1.29 is 19.1 Å². The van der Waals surface area contributed by atoms with Crippen molar-refractivity contribution in [1.82, 2.24) is 5.32 Å². The molecule has 0 saturated heterocycles. The third-order valence-corrected chi connectivity index (χ3v) is 3.69. The van der Waals surface area contributed by atoms with Gasteiger partial charge in [0.2, 0.25) is 0 Å². The Balaban J connectivity index is 2.72. The van der Waals surface area contributed by atoms with Gasteiger partial charge in [-0.3, -0.25) is 4.79 Å². The highest BCUT2D eigenvalue weighted by atomic mass is 79.9. The normalized spacial score (nSPS) is 12.6. The maximum absolute atomic E-state index is 12.4. The largest absolute Gasteiger partial charge is 0.444 e. The van der Waals surface area contributed by atoms with Crippen LogP contribution in [0.2, 0.25) is 0 Å². The summed E-state index contributed by atoms with van der Waals surface area (Å²) < 4.78 is 11.0. The lowest BCUT2D eigenvalue weighted by Gasteiger charge is -2.23. The Kier molecular flexibility index (Phi) is 7.72. The first-order valence-corrected chi connectivity index (χ1v) is 8.28. The minimum absolute atomic E-state index is 0.0466.